The zero-order chi connectivity index (χ0) is 65.7. The van der Waals surface area contributed by atoms with Crippen LogP contribution in [0.1, 0.15) is 101 Å². The molecular formula is C60H92O29S. The summed E-state index contributed by atoms with van der Waals surface area (Å²) in [7, 11) is -4.04. The Morgan fingerprint density at radius 2 is 1.31 bits per heavy atom. The number of aliphatic hydroxyl groups is 10. The van der Waals surface area contributed by atoms with Crippen molar-refractivity contribution in [2.45, 2.75) is 254 Å². The Morgan fingerprint density at radius 3 is 1.97 bits per heavy atom. The molecule has 90 heavy (non-hydrogen) atoms. The average molecular weight is 1310 g/mol. The lowest BCUT2D eigenvalue weighted by molar-refractivity contribution is -0.402. The van der Waals surface area contributed by atoms with Gasteiger partial charge in [-0.3, -0.25) is 14.1 Å². The lowest BCUT2D eigenvalue weighted by atomic mass is 9.41. The summed E-state index contributed by atoms with van der Waals surface area (Å²) in [5.74, 6) is -1.36. The fourth-order valence-corrected chi connectivity index (χ4v) is 17.6. The maximum absolute atomic E-state index is 14.7. The van der Waals surface area contributed by atoms with E-state index in [1.807, 2.05) is 39.0 Å². The predicted molar refractivity (Wildman–Crippen MR) is 302 cm³/mol. The normalized spacial score (nSPS) is 50.2. The summed E-state index contributed by atoms with van der Waals surface area (Å²) in [6.45, 7) is 14.6. The van der Waals surface area contributed by atoms with Crippen molar-refractivity contribution in [3.05, 3.63) is 35.5 Å². The molecule has 10 aliphatic rings. The Bertz CT molecular complexity index is 2780. The van der Waals surface area contributed by atoms with Gasteiger partial charge in [-0.25, -0.2) is 4.18 Å². The first kappa shape index (κ1) is 70.0. The van der Waals surface area contributed by atoms with Gasteiger partial charge >= 0.3 is 22.3 Å². The van der Waals surface area contributed by atoms with Crippen LogP contribution in [0.3, 0.4) is 0 Å². The molecule has 0 bridgehead atoms. The van der Waals surface area contributed by atoms with Gasteiger partial charge in [-0.05, 0) is 95.0 Å². The van der Waals surface area contributed by atoms with Gasteiger partial charge in [-0.2, -0.15) is 8.42 Å². The van der Waals surface area contributed by atoms with E-state index >= 15 is 0 Å². The molecule has 9 fully saturated rings. The summed E-state index contributed by atoms with van der Waals surface area (Å²) in [5, 5.41) is 111. The molecule has 30 heteroatoms. The maximum Gasteiger partial charge on any atom is 0.397 e. The number of fused-ring (bicyclic) bond motifs is 4. The minimum Gasteiger partial charge on any atom is -0.462 e. The van der Waals surface area contributed by atoms with Crippen molar-refractivity contribution in [2.75, 3.05) is 33.5 Å². The van der Waals surface area contributed by atoms with Crippen molar-refractivity contribution in [3.63, 3.8) is 0 Å². The molecule has 6 aliphatic heterocycles. The third-order valence-corrected chi connectivity index (χ3v) is 22.0. The number of ether oxygens (including phenoxy) is 13. The van der Waals surface area contributed by atoms with Crippen LogP contribution in [0.25, 0.3) is 0 Å². The predicted octanol–water partition coefficient (Wildman–Crippen LogP) is -1.14. The largest absolute Gasteiger partial charge is 0.462 e. The van der Waals surface area contributed by atoms with Crippen LogP contribution in [0.5, 0.6) is 0 Å². The van der Waals surface area contributed by atoms with Gasteiger partial charge in [0.15, 0.2) is 31.5 Å². The molecule has 0 aromatic heterocycles. The summed E-state index contributed by atoms with van der Waals surface area (Å²) < 4.78 is 118. The number of carbonyl (C=O) groups excluding carboxylic acids is 2. The molecule has 512 valence electrons. The van der Waals surface area contributed by atoms with Crippen molar-refractivity contribution in [3.8, 4) is 0 Å². The lowest BCUT2D eigenvalue weighted by Crippen LogP contribution is -2.67. The van der Waals surface area contributed by atoms with Crippen LogP contribution in [0.4, 0.5) is 0 Å². The molecule has 0 unspecified atom stereocenters. The number of cyclic esters (lactones) is 1. The van der Waals surface area contributed by atoms with Crippen LogP contribution in [0.15, 0.2) is 35.5 Å². The first-order valence-electron chi connectivity index (χ1n) is 30.9. The van der Waals surface area contributed by atoms with Gasteiger partial charge in [0.25, 0.3) is 0 Å². The summed E-state index contributed by atoms with van der Waals surface area (Å²) in [5.41, 5.74) is -1.74. The molecule has 31 atom stereocenters. The number of methoxy groups -OCH3 is 1. The topological polar surface area (TPSA) is 420 Å². The molecule has 6 heterocycles. The molecule has 10 rings (SSSR count). The fourth-order valence-electron chi connectivity index (χ4n) is 17.1. The van der Waals surface area contributed by atoms with Crippen LogP contribution in [0.2, 0.25) is 0 Å². The summed E-state index contributed by atoms with van der Waals surface area (Å²) in [6.07, 6.45) is -28.5. The van der Waals surface area contributed by atoms with Crippen molar-refractivity contribution >= 4 is 22.3 Å². The molecule has 1 spiro atoms. The van der Waals surface area contributed by atoms with Gasteiger partial charge in [-0.15, -0.1) is 0 Å². The Labute approximate surface area is 522 Å². The number of aliphatic hydroxyl groups excluding tert-OH is 10. The second-order valence-electron chi connectivity index (χ2n) is 27.6. The van der Waals surface area contributed by atoms with Gasteiger partial charge in [0.1, 0.15) is 109 Å². The van der Waals surface area contributed by atoms with E-state index in [4.69, 9.17) is 65.8 Å². The van der Waals surface area contributed by atoms with Gasteiger partial charge in [0.05, 0.1) is 50.0 Å². The minimum atomic E-state index is -5.27. The van der Waals surface area contributed by atoms with Crippen molar-refractivity contribution in [1.29, 1.82) is 0 Å². The molecule has 0 aromatic carbocycles. The Balaban J connectivity index is 0.919. The lowest BCUT2D eigenvalue weighted by Gasteiger charge is -2.63. The monoisotopic (exact) mass is 1310 g/mol. The van der Waals surface area contributed by atoms with E-state index in [0.717, 1.165) is 11.1 Å². The Hall–Kier alpha value is -2.81. The van der Waals surface area contributed by atoms with Gasteiger partial charge < -0.3 is 113 Å². The molecule has 6 saturated heterocycles. The highest BCUT2D eigenvalue weighted by atomic mass is 32.3. The summed E-state index contributed by atoms with van der Waals surface area (Å²) in [6, 6.07) is 0. The third kappa shape index (κ3) is 12.5. The molecule has 29 nitrogen and oxygen atoms in total. The number of allylic oxidation sites excluding steroid dienone is 5. The highest BCUT2D eigenvalue weighted by Gasteiger charge is 2.79. The molecular weight excluding hydrogens is 1220 g/mol. The van der Waals surface area contributed by atoms with E-state index < -0.39 is 217 Å². The SMILES string of the molecule is CO[C@@H]1[C@H](O)[C@H](O[C@@H]2[C@H](O)[C@H](O[C@H]3[C@@H](O)[C@@H](O[C@@H]4OC[C@H](O)[C@H](O)[C@@H]4O)[C@@H](O[C@@H]4[C@H](O[C@@H]5CC[C@]6(C)[C@@H]7CC[C@]89C(=O)O[C@](C)(C=CC=C(C)C)[C@H]8[C@H](OC(C)=O)C[C@@]9(C)C7=CC[C@@H]6C5(C)C)OC[C@@H](OS(=O)(=O)O)[C@@H]4O)O[C@H]3C)O[C@H](CO)[C@@H]2O)OC[C@@H]1O. The quantitative estimate of drug-likeness (QED) is 0.0355. The average Bonchev–Trinajstić information content (AvgIpc) is 1.46. The van der Waals surface area contributed by atoms with Gasteiger partial charge in [0.2, 0.25) is 0 Å². The van der Waals surface area contributed by atoms with E-state index in [9.17, 15) is 73.6 Å². The standard InChI is InChI=1S/C60H92O29S/c1-25(2)12-11-17-59(9)49-32(81-27(4)62)20-58(8)29-13-14-35-56(5,6)36(16-18-57(35,7)28(29)15-19-60(49,58)55(72)88-59)83-53-47(39(67)34(24-79-53)89-90(73,74)75)87-54-48(86-50-40(68)37(65)30(63)22-77-50)41(69)44(26(3)80-54)84-52-43(71)46(38(66)33(21-61)82-52)85-51-42(70)45(76-10)31(64)23-78-51/h11-13,17,26,28,30-54,61,63-71H,14-16,18-24H2,1-10H3,(H,73,74,75)/t26-,28+,30-,31-,32+,33+,34+,35+,36+,37-,38-,39-,40-,41+,42-,43-,44+,45-,46-,47-,48+,49+,50-,51-,52-,53-,54+,57+,58-,59+,60+/m0/s1. The first-order chi connectivity index (χ1) is 42.2. The zero-order valence-electron chi connectivity index (χ0n) is 52.1. The van der Waals surface area contributed by atoms with E-state index in [2.05, 4.69) is 33.8 Å². The molecule has 0 amide bonds. The van der Waals surface area contributed by atoms with Crippen molar-refractivity contribution in [2.24, 2.45) is 39.4 Å². The summed E-state index contributed by atoms with van der Waals surface area (Å²) in [4.78, 5) is 27.6. The van der Waals surface area contributed by atoms with Crippen LogP contribution in [-0.2, 0) is 85.8 Å². The van der Waals surface area contributed by atoms with E-state index in [1.54, 1.807) is 0 Å². The molecule has 0 aromatic rings. The van der Waals surface area contributed by atoms with Crippen LogP contribution in [0, 0.1) is 39.4 Å². The van der Waals surface area contributed by atoms with Gasteiger partial charge in [-0.1, -0.05) is 57.1 Å². The maximum atomic E-state index is 14.7. The minimum absolute atomic E-state index is 0.0276. The highest BCUT2D eigenvalue weighted by Crippen LogP contribution is 2.76. The first-order valence-corrected chi connectivity index (χ1v) is 32.3. The molecule has 3 saturated carbocycles. The number of hydrogen-bond acceptors (Lipinski definition) is 28. The van der Waals surface area contributed by atoms with Crippen molar-refractivity contribution < 1.29 is 139 Å². The Morgan fingerprint density at radius 1 is 0.689 bits per heavy atom. The van der Waals surface area contributed by atoms with E-state index in [-0.39, 0.29) is 24.4 Å². The smallest absolute Gasteiger partial charge is 0.397 e. The molecule has 11 N–H and O–H groups in total. The van der Waals surface area contributed by atoms with Crippen LogP contribution >= 0.6 is 0 Å². The van der Waals surface area contributed by atoms with E-state index in [1.165, 1.54) is 21.0 Å². The number of esters is 2. The number of hydrogen-bond donors (Lipinski definition) is 11. The molecule has 4 aliphatic carbocycles. The molecule has 0 radical (unpaired) electrons. The van der Waals surface area contributed by atoms with E-state index in [0.29, 0.717) is 38.5 Å². The second-order valence-corrected chi connectivity index (χ2v) is 28.7. The third-order valence-electron chi connectivity index (χ3n) is 21.5. The Kier molecular flexibility index (Phi) is 20.5. The highest BCUT2D eigenvalue weighted by molar-refractivity contribution is 7.80. The van der Waals surface area contributed by atoms with Crippen molar-refractivity contribution in [1.82, 2.24) is 0 Å². The van der Waals surface area contributed by atoms with Crippen LogP contribution < -0.4 is 0 Å². The number of carbonyl (C=O) groups is 2. The fraction of sp³-hybridized carbons (Fsp3) is 0.867. The second kappa shape index (κ2) is 26.3. The van der Waals surface area contributed by atoms with Gasteiger partial charge in [0, 0.05) is 19.4 Å². The van der Waals surface area contributed by atoms with Crippen LogP contribution in [-0.4, -0.2) is 263 Å². The summed E-state index contributed by atoms with van der Waals surface area (Å²) >= 11 is 0. The zero-order valence-corrected chi connectivity index (χ0v) is 53.0. The number of rotatable bonds is 17.